The van der Waals surface area contributed by atoms with Crippen LogP contribution < -0.4 is 10.1 Å². The Bertz CT molecular complexity index is 768. The molecule has 1 fully saturated rings. The molecule has 0 aliphatic carbocycles. The van der Waals surface area contributed by atoms with E-state index >= 15 is 0 Å². The van der Waals surface area contributed by atoms with Gasteiger partial charge >= 0.3 is 0 Å². The fourth-order valence-electron chi connectivity index (χ4n) is 3.04. The molecule has 1 saturated heterocycles. The van der Waals surface area contributed by atoms with Crippen molar-refractivity contribution in [2.24, 2.45) is 10.9 Å². The maximum Gasteiger partial charge on any atom is 0.246 e. The van der Waals surface area contributed by atoms with Crippen LogP contribution in [0.25, 0.3) is 0 Å². The minimum Gasteiger partial charge on any atom is -0.493 e. The van der Waals surface area contributed by atoms with Crippen molar-refractivity contribution < 1.29 is 9.26 Å². The first kappa shape index (κ1) is 19.8. The van der Waals surface area contributed by atoms with Gasteiger partial charge in [0.05, 0.1) is 13.2 Å². The maximum absolute atomic E-state index is 6.01. The van der Waals surface area contributed by atoms with Crippen LogP contribution >= 0.6 is 23.2 Å². The number of rotatable bonds is 5. The van der Waals surface area contributed by atoms with Crippen LogP contribution in [0.2, 0.25) is 10.0 Å². The average Bonchev–Trinajstić information content (AvgIpc) is 3.06. The molecule has 0 radical (unpaired) electrons. The number of hydrogen-bond acceptors (Lipinski definition) is 5. The van der Waals surface area contributed by atoms with Crippen molar-refractivity contribution in [3.8, 4) is 5.75 Å². The first-order valence-corrected chi connectivity index (χ1v) is 9.62. The minimum atomic E-state index is 0.464. The summed E-state index contributed by atoms with van der Waals surface area (Å²) in [5.41, 5.74) is 0. The lowest BCUT2D eigenvalue weighted by atomic mass is 9.98. The van der Waals surface area contributed by atoms with E-state index in [0.717, 1.165) is 31.9 Å². The third kappa shape index (κ3) is 5.74. The molecular formula is C18H23Cl2N5O2. The molecule has 2 heterocycles. The molecule has 0 unspecified atom stereocenters. The van der Waals surface area contributed by atoms with E-state index < -0.39 is 0 Å². The molecule has 3 rings (SSSR count). The molecule has 0 bridgehead atoms. The average molecular weight is 412 g/mol. The van der Waals surface area contributed by atoms with Gasteiger partial charge in [0.2, 0.25) is 5.89 Å². The number of aromatic nitrogens is 2. The van der Waals surface area contributed by atoms with E-state index in [9.17, 15) is 0 Å². The molecular weight excluding hydrogens is 389 g/mol. The highest BCUT2D eigenvalue weighted by atomic mass is 35.5. The van der Waals surface area contributed by atoms with Gasteiger partial charge in [0, 0.05) is 30.2 Å². The number of aliphatic imine (C=N–C) groups is 1. The zero-order chi connectivity index (χ0) is 19.2. The number of nitrogens with one attached hydrogen (secondary N) is 1. The number of likely N-dealkylation sites (tertiary alicyclic amines) is 1. The maximum atomic E-state index is 6.01. The molecule has 0 saturated carbocycles. The van der Waals surface area contributed by atoms with Crippen molar-refractivity contribution in [2.75, 3.05) is 26.7 Å². The van der Waals surface area contributed by atoms with Gasteiger partial charge in [-0.25, -0.2) is 0 Å². The Balaban J connectivity index is 1.44. The third-order valence-corrected chi connectivity index (χ3v) is 4.85. The summed E-state index contributed by atoms with van der Waals surface area (Å²) in [5.74, 6) is 3.21. The molecule has 1 aromatic heterocycles. The fraction of sp³-hybridized carbons (Fsp3) is 0.500. The van der Waals surface area contributed by atoms with E-state index in [0.29, 0.717) is 46.6 Å². The van der Waals surface area contributed by atoms with Gasteiger partial charge in [0.1, 0.15) is 5.75 Å². The molecule has 2 aromatic rings. The van der Waals surface area contributed by atoms with E-state index in [1.807, 2.05) is 0 Å². The van der Waals surface area contributed by atoms with Crippen molar-refractivity contribution in [3.05, 3.63) is 40.0 Å². The normalized spacial score (nSPS) is 15.9. The summed E-state index contributed by atoms with van der Waals surface area (Å²) in [5, 5.41) is 8.23. The molecule has 1 aromatic carbocycles. The predicted octanol–water partition coefficient (Wildman–Crippen LogP) is 3.55. The summed E-state index contributed by atoms with van der Waals surface area (Å²) in [7, 11) is 1.78. The van der Waals surface area contributed by atoms with Gasteiger partial charge in [-0.1, -0.05) is 28.4 Å². The van der Waals surface area contributed by atoms with Crippen molar-refractivity contribution >= 4 is 29.2 Å². The van der Waals surface area contributed by atoms with Crippen molar-refractivity contribution in [2.45, 2.75) is 26.3 Å². The number of nitrogens with zero attached hydrogens (tertiary/aromatic N) is 4. The second-order valence-electron chi connectivity index (χ2n) is 6.48. The number of hydrogen-bond donors (Lipinski definition) is 1. The van der Waals surface area contributed by atoms with Crippen LogP contribution in [-0.4, -0.2) is 47.7 Å². The zero-order valence-electron chi connectivity index (χ0n) is 15.4. The summed E-state index contributed by atoms with van der Waals surface area (Å²) < 4.78 is 11.0. The number of ether oxygens (including phenoxy) is 1. The summed E-state index contributed by atoms with van der Waals surface area (Å²) in [6.45, 7) is 4.73. The molecule has 1 aliphatic heterocycles. The molecule has 146 valence electrons. The number of guanidine groups is 1. The van der Waals surface area contributed by atoms with Crippen LogP contribution in [0, 0.1) is 12.8 Å². The van der Waals surface area contributed by atoms with E-state index in [1.165, 1.54) is 0 Å². The Kier molecular flexibility index (Phi) is 6.79. The molecule has 0 amide bonds. The number of aryl methyl sites for hydroxylation is 1. The van der Waals surface area contributed by atoms with E-state index in [2.05, 4.69) is 25.3 Å². The number of piperidine rings is 1. The van der Waals surface area contributed by atoms with Gasteiger partial charge in [-0.15, -0.1) is 0 Å². The van der Waals surface area contributed by atoms with Gasteiger partial charge in [0.15, 0.2) is 11.8 Å². The number of halogens is 2. The van der Waals surface area contributed by atoms with Crippen molar-refractivity contribution in [3.63, 3.8) is 0 Å². The monoisotopic (exact) mass is 411 g/mol. The minimum absolute atomic E-state index is 0.464. The summed E-state index contributed by atoms with van der Waals surface area (Å²) >= 11 is 12.0. The van der Waals surface area contributed by atoms with Crippen LogP contribution in [0.1, 0.15) is 24.6 Å². The van der Waals surface area contributed by atoms with Crippen molar-refractivity contribution in [1.82, 2.24) is 20.4 Å². The highest BCUT2D eigenvalue weighted by Crippen LogP contribution is 2.26. The molecule has 1 aliphatic rings. The topological polar surface area (TPSA) is 75.8 Å². The highest BCUT2D eigenvalue weighted by Gasteiger charge is 2.22. The third-order valence-electron chi connectivity index (χ3n) is 4.42. The highest BCUT2D eigenvalue weighted by molar-refractivity contribution is 6.34. The van der Waals surface area contributed by atoms with Crippen LogP contribution in [0.3, 0.4) is 0 Å². The Hall–Kier alpha value is -1.99. The summed E-state index contributed by atoms with van der Waals surface area (Å²) in [6, 6.07) is 5.27. The van der Waals surface area contributed by atoms with Gasteiger partial charge in [-0.3, -0.25) is 4.99 Å². The molecule has 7 nitrogen and oxygen atoms in total. The molecule has 27 heavy (non-hydrogen) atoms. The molecule has 1 N–H and O–H groups in total. The molecule has 9 heteroatoms. The number of benzene rings is 1. The van der Waals surface area contributed by atoms with Crippen LogP contribution in [0.15, 0.2) is 27.7 Å². The lowest BCUT2D eigenvalue weighted by molar-refractivity contribution is 0.179. The predicted molar refractivity (Wildman–Crippen MR) is 105 cm³/mol. The fourth-order valence-corrected chi connectivity index (χ4v) is 3.54. The van der Waals surface area contributed by atoms with Crippen LogP contribution in [0.5, 0.6) is 5.75 Å². The second-order valence-corrected chi connectivity index (χ2v) is 7.36. The van der Waals surface area contributed by atoms with Crippen molar-refractivity contribution in [1.29, 1.82) is 0 Å². The lowest BCUT2D eigenvalue weighted by Crippen LogP contribution is -2.46. The first-order chi connectivity index (χ1) is 13.0. The lowest BCUT2D eigenvalue weighted by Gasteiger charge is -2.34. The summed E-state index contributed by atoms with van der Waals surface area (Å²) in [4.78, 5) is 10.8. The van der Waals surface area contributed by atoms with Gasteiger partial charge < -0.3 is 19.5 Å². The Morgan fingerprint density at radius 1 is 1.30 bits per heavy atom. The largest absolute Gasteiger partial charge is 0.493 e. The van der Waals surface area contributed by atoms with E-state index in [1.54, 1.807) is 32.2 Å². The smallest absolute Gasteiger partial charge is 0.246 e. The quantitative estimate of drug-likeness (QED) is 0.598. The van der Waals surface area contributed by atoms with Crippen LogP contribution in [-0.2, 0) is 6.54 Å². The SMILES string of the molecule is CN=C(NCc1nc(C)no1)N1CCC(COc2cc(Cl)cc(Cl)c2)CC1. The summed E-state index contributed by atoms with van der Waals surface area (Å²) in [6.07, 6.45) is 2.04. The first-order valence-electron chi connectivity index (χ1n) is 8.87. The Morgan fingerprint density at radius 3 is 2.59 bits per heavy atom. The molecule has 0 spiro atoms. The Labute approximate surface area is 168 Å². The Morgan fingerprint density at radius 2 is 2.00 bits per heavy atom. The van der Waals surface area contributed by atoms with Crippen LogP contribution in [0.4, 0.5) is 0 Å². The van der Waals surface area contributed by atoms with E-state index in [4.69, 9.17) is 32.5 Å². The second kappa shape index (κ2) is 9.28. The zero-order valence-corrected chi connectivity index (χ0v) is 16.9. The molecule has 0 atom stereocenters. The van der Waals surface area contributed by atoms with E-state index in [-0.39, 0.29) is 0 Å². The van der Waals surface area contributed by atoms with Gasteiger partial charge in [-0.05, 0) is 43.9 Å². The van der Waals surface area contributed by atoms with Gasteiger partial charge in [0.25, 0.3) is 0 Å². The van der Waals surface area contributed by atoms with Gasteiger partial charge in [-0.2, -0.15) is 4.98 Å². The standard InChI is InChI=1S/C18H23Cl2N5O2/c1-12-23-17(27-24-12)10-22-18(21-2)25-5-3-13(4-6-25)11-26-16-8-14(19)7-15(20)9-16/h7-9,13H,3-6,10-11H2,1-2H3,(H,21,22).